The molecular formula is C16H17Cl2NO3. The number of hydrogen-bond donors (Lipinski definition) is 1. The molecule has 1 aliphatic heterocycles. The van der Waals surface area contributed by atoms with Crippen LogP contribution in [0.25, 0.3) is 0 Å². The Bertz CT molecular complexity index is 619. The lowest BCUT2D eigenvalue weighted by molar-refractivity contribution is -0.146. The van der Waals surface area contributed by atoms with E-state index in [0.717, 1.165) is 18.4 Å². The van der Waals surface area contributed by atoms with E-state index in [1.165, 1.54) is 0 Å². The number of halogens is 2. The Balaban J connectivity index is 1.68. The highest BCUT2D eigenvalue weighted by Crippen LogP contribution is 2.51. The average molecular weight is 342 g/mol. The molecular weight excluding hydrogens is 325 g/mol. The zero-order chi connectivity index (χ0) is 15.9. The van der Waals surface area contributed by atoms with Gasteiger partial charge < -0.3 is 10.0 Å². The molecule has 1 aromatic rings. The maximum Gasteiger partial charge on any atom is 0.308 e. The van der Waals surface area contributed by atoms with Crippen LogP contribution in [0.5, 0.6) is 0 Å². The number of aliphatic carboxylic acids is 1. The van der Waals surface area contributed by atoms with Gasteiger partial charge in [0, 0.05) is 19.0 Å². The predicted molar refractivity (Wildman–Crippen MR) is 84.2 cm³/mol. The molecule has 22 heavy (non-hydrogen) atoms. The molecule has 1 saturated carbocycles. The smallest absolute Gasteiger partial charge is 0.308 e. The van der Waals surface area contributed by atoms with Crippen LogP contribution in [0.15, 0.2) is 18.2 Å². The molecule has 3 rings (SSSR count). The van der Waals surface area contributed by atoms with Crippen LogP contribution in [0.2, 0.25) is 10.0 Å². The number of likely N-dealkylation sites (tertiary alicyclic amines) is 1. The van der Waals surface area contributed by atoms with E-state index in [1.54, 1.807) is 11.0 Å². The Kier molecular flexibility index (Phi) is 4.33. The molecule has 4 nitrogen and oxygen atoms in total. The number of carbonyl (C=O) groups is 2. The van der Waals surface area contributed by atoms with Crippen LogP contribution in [-0.2, 0) is 9.59 Å². The van der Waals surface area contributed by atoms with Crippen LogP contribution in [0.3, 0.4) is 0 Å². The molecule has 0 aromatic heterocycles. The van der Waals surface area contributed by atoms with Gasteiger partial charge in [0.15, 0.2) is 0 Å². The number of amides is 1. The summed E-state index contributed by atoms with van der Waals surface area (Å²) >= 11 is 12.2. The number of benzene rings is 1. The van der Waals surface area contributed by atoms with Crippen LogP contribution in [-0.4, -0.2) is 35.0 Å². The lowest BCUT2D eigenvalue weighted by Gasteiger charge is -2.31. The van der Waals surface area contributed by atoms with Gasteiger partial charge in [-0.2, -0.15) is 0 Å². The van der Waals surface area contributed by atoms with Crippen LogP contribution < -0.4 is 0 Å². The van der Waals surface area contributed by atoms with Crippen LogP contribution in [0.1, 0.15) is 30.7 Å². The Morgan fingerprint density at radius 3 is 2.77 bits per heavy atom. The summed E-state index contributed by atoms with van der Waals surface area (Å²) in [5.41, 5.74) is 0.916. The van der Waals surface area contributed by atoms with Crippen molar-refractivity contribution in [2.75, 3.05) is 13.1 Å². The van der Waals surface area contributed by atoms with Gasteiger partial charge in [0.1, 0.15) is 0 Å². The third-order valence-corrected chi connectivity index (χ3v) is 5.40. The van der Waals surface area contributed by atoms with Crippen LogP contribution >= 0.6 is 23.2 Å². The molecule has 0 spiro atoms. The van der Waals surface area contributed by atoms with Gasteiger partial charge in [-0.25, -0.2) is 0 Å². The third-order valence-electron chi connectivity index (χ3n) is 4.57. The molecule has 2 fully saturated rings. The second-order valence-corrected chi connectivity index (χ2v) is 6.84. The molecule has 1 aliphatic carbocycles. The minimum absolute atomic E-state index is 0.0481. The zero-order valence-electron chi connectivity index (χ0n) is 12.0. The number of carboxylic acid groups (broad SMARTS) is 1. The maximum absolute atomic E-state index is 12.6. The van der Waals surface area contributed by atoms with Gasteiger partial charge in [-0.1, -0.05) is 35.3 Å². The van der Waals surface area contributed by atoms with Gasteiger partial charge in [-0.05, 0) is 36.8 Å². The first-order chi connectivity index (χ1) is 10.5. The lowest BCUT2D eigenvalue weighted by Crippen LogP contribution is -2.43. The van der Waals surface area contributed by atoms with Crippen molar-refractivity contribution in [2.45, 2.75) is 25.2 Å². The van der Waals surface area contributed by atoms with Gasteiger partial charge in [0.05, 0.1) is 16.0 Å². The summed E-state index contributed by atoms with van der Waals surface area (Å²) in [6, 6.07) is 5.47. The fourth-order valence-corrected chi connectivity index (χ4v) is 3.68. The third kappa shape index (κ3) is 2.95. The highest BCUT2D eigenvalue weighted by atomic mass is 35.5. The summed E-state index contributed by atoms with van der Waals surface area (Å²) < 4.78 is 0. The molecule has 6 heteroatoms. The fourth-order valence-electron chi connectivity index (χ4n) is 3.23. The van der Waals surface area contributed by atoms with Crippen molar-refractivity contribution in [1.82, 2.24) is 4.90 Å². The Labute approximate surface area is 139 Å². The number of hydrogen-bond acceptors (Lipinski definition) is 2. The summed E-state index contributed by atoms with van der Waals surface area (Å²) in [4.78, 5) is 25.4. The van der Waals surface area contributed by atoms with E-state index in [-0.39, 0.29) is 17.7 Å². The molecule has 2 aliphatic rings. The van der Waals surface area contributed by atoms with Gasteiger partial charge in [0.25, 0.3) is 0 Å². The van der Waals surface area contributed by atoms with Crippen molar-refractivity contribution in [2.24, 2.45) is 11.8 Å². The van der Waals surface area contributed by atoms with Crippen molar-refractivity contribution in [3.63, 3.8) is 0 Å². The quantitative estimate of drug-likeness (QED) is 0.916. The highest BCUT2D eigenvalue weighted by molar-refractivity contribution is 6.42. The summed E-state index contributed by atoms with van der Waals surface area (Å²) in [6.07, 6.45) is 2.15. The molecule has 118 valence electrons. The van der Waals surface area contributed by atoms with E-state index >= 15 is 0 Å². The van der Waals surface area contributed by atoms with E-state index in [9.17, 15) is 9.59 Å². The number of carboxylic acids is 1. The van der Waals surface area contributed by atoms with Crippen molar-refractivity contribution in [3.8, 4) is 0 Å². The Hall–Kier alpha value is -1.26. The van der Waals surface area contributed by atoms with E-state index in [1.807, 2.05) is 12.1 Å². The second-order valence-electron chi connectivity index (χ2n) is 6.05. The summed E-state index contributed by atoms with van der Waals surface area (Å²) in [5.74, 6) is -1.20. The molecule has 0 bridgehead atoms. The number of piperidine rings is 1. The minimum Gasteiger partial charge on any atom is -0.481 e. The fraction of sp³-hybridized carbons (Fsp3) is 0.500. The van der Waals surface area contributed by atoms with Crippen molar-refractivity contribution < 1.29 is 14.7 Å². The van der Waals surface area contributed by atoms with Crippen molar-refractivity contribution in [3.05, 3.63) is 33.8 Å². The van der Waals surface area contributed by atoms with E-state index < -0.39 is 11.9 Å². The molecule has 1 saturated heterocycles. The summed E-state index contributed by atoms with van der Waals surface area (Å²) in [5, 5.41) is 10.1. The predicted octanol–water partition coefficient (Wildman–Crippen LogP) is 3.42. The topological polar surface area (TPSA) is 57.6 Å². The van der Waals surface area contributed by atoms with E-state index in [0.29, 0.717) is 29.6 Å². The van der Waals surface area contributed by atoms with Crippen molar-refractivity contribution >= 4 is 35.1 Å². The molecule has 3 atom stereocenters. The summed E-state index contributed by atoms with van der Waals surface area (Å²) in [7, 11) is 0. The Morgan fingerprint density at radius 2 is 2.05 bits per heavy atom. The minimum atomic E-state index is -0.817. The average Bonchev–Trinajstić information content (AvgIpc) is 3.29. The monoisotopic (exact) mass is 341 g/mol. The number of rotatable bonds is 3. The summed E-state index contributed by atoms with van der Waals surface area (Å²) in [6.45, 7) is 0.968. The van der Waals surface area contributed by atoms with E-state index in [2.05, 4.69) is 0 Å². The largest absolute Gasteiger partial charge is 0.481 e. The molecule has 1 amide bonds. The molecule has 1 aromatic carbocycles. The first-order valence-corrected chi connectivity index (χ1v) is 8.20. The number of nitrogens with zero attached hydrogens (tertiary/aromatic N) is 1. The van der Waals surface area contributed by atoms with Crippen LogP contribution in [0.4, 0.5) is 0 Å². The van der Waals surface area contributed by atoms with Gasteiger partial charge >= 0.3 is 5.97 Å². The molecule has 1 heterocycles. The number of carbonyl (C=O) groups excluding carboxylic acids is 1. The highest BCUT2D eigenvalue weighted by Gasteiger charge is 2.47. The van der Waals surface area contributed by atoms with Crippen LogP contribution in [0, 0.1) is 11.8 Å². The van der Waals surface area contributed by atoms with E-state index in [4.69, 9.17) is 28.3 Å². The SMILES string of the molecule is O=C(O)[C@H]1CCCN(C(=O)C2CC2c2cccc(Cl)c2Cl)C1. The molecule has 0 radical (unpaired) electrons. The first kappa shape index (κ1) is 15.6. The molecule has 1 N–H and O–H groups in total. The second kappa shape index (κ2) is 6.09. The van der Waals surface area contributed by atoms with Crippen molar-refractivity contribution in [1.29, 1.82) is 0 Å². The normalized spacial score (nSPS) is 27.5. The zero-order valence-corrected chi connectivity index (χ0v) is 13.5. The maximum atomic E-state index is 12.6. The first-order valence-electron chi connectivity index (χ1n) is 7.44. The van der Waals surface area contributed by atoms with Gasteiger partial charge in [-0.3, -0.25) is 9.59 Å². The van der Waals surface area contributed by atoms with Gasteiger partial charge in [-0.15, -0.1) is 0 Å². The Morgan fingerprint density at radius 1 is 1.27 bits per heavy atom. The lowest BCUT2D eigenvalue weighted by atomic mass is 9.97. The molecule has 2 unspecified atom stereocenters. The van der Waals surface area contributed by atoms with Gasteiger partial charge in [0.2, 0.25) is 5.91 Å². The standard InChI is InChI=1S/C16H17Cl2NO3/c17-13-5-1-4-10(14(13)18)11-7-12(11)15(20)19-6-2-3-9(8-19)16(21)22/h1,4-5,9,11-12H,2-3,6-8H2,(H,21,22)/t9-,11?,12?/m0/s1.